The van der Waals surface area contributed by atoms with Gasteiger partial charge in [-0.3, -0.25) is 14.4 Å². The highest BCUT2D eigenvalue weighted by Gasteiger charge is 2.32. The lowest BCUT2D eigenvalue weighted by Gasteiger charge is -2.33. The van der Waals surface area contributed by atoms with E-state index in [9.17, 15) is 9.18 Å². The van der Waals surface area contributed by atoms with Crippen molar-refractivity contribution >= 4 is 27.3 Å². The number of methoxy groups -OCH3 is 1. The van der Waals surface area contributed by atoms with Crippen LogP contribution in [0, 0.1) is 11.6 Å². The van der Waals surface area contributed by atoms with Gasteiger partial charge in [-0.15, -0.1) is 11.3 Å². The minimum Gasteiger partial charge on any atom is -0.490 e. The molecular formula is C37H37F2N5O3S. The Labute approximate surface area is 282 Å². The molecule has 11 heteroatoms. The first-order valence-corrected chi connectivity index (χ1v) is 16.9. The monoisotopic (exact) mass is 669 g/mol. The first-order valence-electron chi connectivity index (χ1n) is 16.1. The van der Waals surface area contributed by atoms with Gasteiger partial charge in [0.2, 0.25) is 5.91 Å². The third-order valence-electron chi connectivity index (χ3n) is 9.65. The predicted octanol–water partition coefficient (Wildman–Crippen LogP) is 7.44. The summed E-state index contributed by atoms with van der Waals surface area (Å²) in [6, 6.07) is 12.5. The van der Waals surface area contributed by atoms with Crippen LogP contribution in [0.4, 0.5) is 8.78 Å². The molecule has 7 rings (SSSR count). The van der Waals surface area contributed by atoms with E-state index >= 15 is 4.39 Å². The molecule has 0 unspecified atom stereocenters. The van der Waals surface area contributed by atoms with Crippen molar-refractivity contribution < 1.29 is 23.0 Å². The molecule has 2 aliphatic heterocycles. The topological polar surface area (TPSA) is 72.7 Å². The van der Waals surface area contributed by atoms with E-state index < -0.39 is 11.6 Å². The largest absolute Gasteiger partial charge is 0.490 e. The van der Waals surface area contributed by atoms with E-state index in [2.05, 4.69) is 43.6 Å². The van der Waals surface area contributed by atoms with Crippen LogP contribution in [0.1, 0.15) is 42.8 Å². The zero-order valence-corrected chi connectivity index (χ0v) is 28.2. The molecule has 0 saturated carbocycles. The summed E-state index contributed by atoms with van der Waals surface area (Å²) in [5.74, 6) is -1.61. The first-order chi connectivity index (χ1) is 23.2. The van der Waals surface area contributed by atoms with E-state index in [1.165, 1.54) is 41.7 Å². The predicted molar refractivity (Wildman–Crippen MR) is 184 cm³/mol. The van der Waals surface area contributed by atoms with Crippen molar-refractivity contribution in [3.63, 3.8) is 0 Å². The maximum atomic E-state index is 16.1. The molecule has 5 heterocycles. The van der Waals surface area contributed by atoms with Gasteiger partial charge in [0.1, 0.15) is 35.4 Å². The smallest absolute Gasteiger partial charge is 0.246 e. The normalized spacial score (nSPS) is 17.8. The Morgan fingerprint density at radius 1 is 1.04 bits per heavy atom. The van der Waals surface area contributed by atoms with Gasteiger partial charge in [-0.2, -0.15) is 5.10 Å². The average Bonchev–Trinajstić information content (AvgIpc) is 3.74. The van der Waals surface area contributed by atoms with Gasteiger partial charge in [-0.1, -0.05) is 18.7 Å². The number of carbonyl (C=O) groups excluding carboxylic acids is 1. The number of halogens is 2. The van der Waals surface area contributed by atoms with E-state index in [4.69, 9.17) is 19.6 Å². The number of rotatable bonds is 8. The van der Waals surface area contributed by atoms with Crippen LogP contribution in [0.3, 0.4) is 0 Å². The van der Waals surface area contributed by atoms with Gasteiger partial charge in [-0.25, -0.2) is 13.8 Å². The molecule has 0 N–H and O–H groups in total. The Morgan fingerprint density at radius 2 is 1.88 bits per heavy atom. The van der Waals surface area contributed by atoms with Crippen LogP contribution >= 0.6 is 11.3 Å². The summed E-state index contributed by atoms with van der Waals surface area (Å²) < 4.78 is 44.6. The Kier molecular flexibility index (Phi) is 8.61. The fraction of sp³-hybridized carbons (Fsp3) is 0.324. The fourth-order valence-corrected chi connectivity index (χ4v) is 7.88. The van der Waals surface area contributed by atoms with Crippen LogP contribution in [0.2, 0.25) is 0 Å². The molecule has 2 aromatic carbocycles. The van der Waals surface area contributed by atoms with Crippen molar-refractivity contribution in [3.8, 4) is 39.5 Å². The first kappa shape index (κ1) is 32.1. The molecule has 0 radical (unpaired) electrons. The Hall–Kier alpha value is -4.45. The van der Waals surface area contributed by atoms with Crippen molar-refractivity contribution in [2.24, 2.45) is 0 Å². The summed E-state index contributed by atoms with van der Waals surface area (Å²) in [6.07, 6.45) is 2.29. The van der Waals surface area contributed by atoms with Gasteiger partial charge >= 0.3 is 0 Å². The Bertz CT molecular complexity index is 2060. The number of likely N-dealkylation sites (N-methyl/N-ethyl adjacent to an activating group) is 1. The molecule has 8 nitrogen and oxygen atoms in total. The van der Waals surface area contributed by atoms with Crippen LogP contribution < -0.4 is 4.74 Å². The van der Waals surface area contributed by atoms with E-state index in [1.807, 2.05) is 29.1 Å². The summed E-state index contributed by atoms with van der Waals surface area (Å²) in [5, 5.41) is 7.79. The number of hydrogen-bond acceptors (Lipinski definition) is 7. The highest BCUT2D eigenvalue weighted by molar-refractivity contribution is 7.18. The van der Waals surface area contributed by atoms with Gasteiger partial charge in [-0.05, 0) is 68.1 Å². The number of aromatic nitrogens is 3. The lowest BCUT2D eigenvalue weighted by Crippen LogP contribution is -2.40. The number of amides is 1. The molecule has 2 atom stereocenters. The van der Waals surface area contributed by atoms with Crippen molar-refractivity contribution in [3.05, 3.63) is 89.0 Å². The summed E-state index contributed by atoms with van der Waals surface area (Å²) in [4.78, 5) is 22.0. The van der Waals surface area contributed by atoms with Crippen LogP contribution in [-0.2, 0) is 22.5 Å². The summed E-state index contributed by atoms with van der Waals surface area (Å²) >= 11 is 1.46. The van der Waals surface area contributed by atoms with Gasteiger partial charge in [0.25, 0.3) is 0 Å². The average molecular weight is 670 g/mol. The highest BCUT2D eigenvalue weighted by Crippen LogP contribution is 2.48. The molecule has 248 valence electrons. The molecule has 3 aromatic heterocycles. The quantitative estimate of drug-likeness (QED) is 0.126. The zero-order valence-electron chi connectivity index (χ0n) is 27.4. The standard InChI is InChI=1S/C37H37F2N5O3S/c1-6-32(45)43-12-13-44-30(22(43)3)20-29(41-44)36-34(33-28(39)18-25(38)19-31(33)47-15-14-46-5)37-26(10-16-48-37)35(40-36)24-8-7-23-9-11-42(4)21(2)27(23)17-24/h6-8,10,16-22H,1,9,11-15H2,2-5H3/t21-,22-/m1/s1. The molecule has 0 aliphatic carbocycles. The molecule has 1 amide bonds. The van der Waals surface area contributed by atoms with Crippen molar-refractivity contribution in [1.82, 2.24) is 24.6 Å². The lowest BCUT2D eigenvalue weighted by atomic mass is 9.90. The number of fused-ring (bicyclic) bond motifs is 3. The molecule has 5 aromatic rings. The third kappa shape index (κ3) is 5.49. The lowest BCUT2D eigenvalue weighted by molar-refractivity contribution is -0.129. The van der Waals surface area contributed by atoms with E-state index in [0.29, 0.717) is 30.0 Å². The second kappa shape index (κ2) is 12.9. The van der Waals surface area contributed by atoms with Gasteiger partial charge in [0.15, 0.2) is 0 Å². The fourth-order valence-electron chi connectivity index (χ4n) is 6.93. The van der Waals surface area contributed by atoms with Gasteiger partial charge in [0.05, 0.1) is 36.1 Å². The molecule has 2 aliphatic rings. The second-order valence-electron chi connectivity index (χ2n) is 12.4. The molecule has 48 heavy (non-hydrogen) atoms. The number of carbonyl (C=O) groups is 1. The van der Waals surface area contributed by atoms with Gasteiger partial charge in [0, 0.05) is 59.6 Å². The maximum Gasteiger partial charge on any atom is 0.246 e. The van der Waals surface area contributed by atoms with Crippen molar-refractivity contribution in [2.75, 3.05) is 40.5 Å². The Balaban J connectivity index is 1.49. The number of thiophene rings is 1. The highest BCUT2D eigenvalue weighted by atomic mass is 32.1. The minimum atomic E-state index is -0.765. The van der Waals surface area contributed by atoms with Crippen LogP contribution in [0.25, 0.3) is 43.9 Å². The SMILES string of the molecule is C=CC(=O)N1CCn2nc(-c3nc(-c4ccc5c(c4)[C@@H](C)N(C)CC5)c4ccsc4c3-c3c(F)cc(F)cc3OCCOC)cc2[C@H]1C. The van der Waals surface area contributed by atoms with Crippen LogP contribution in [0.5, 0.6) is 5.75 Å². The van der Waals surface area contributed by atoms with E-state index in [-0.39, 0.29) is 42.5 Å². The van der Waals surface area contributed by atoms with Crippen molar-refractivity contribution in [2.45, 2.75) is 38.9 Å². The van der Waals surface area contributed by atoms with Crippen LogP contribution in [0.15, 0.2) is 60.5 Å². The summed E-state index contributed by atoms with van der Waals surface area (Å²) in [7, 11) is 3.68. The molecule has 0 spiro atoms. The summed E-state index contributed by atoms with van der Waals surface area (Å²) in [6.45, 7) is 10.1. The number of benzene rings is 2. The molecular weight excluding hydrogens is 633 g/mol. The minimum absolute atomic E-state index is 0.0563. The van der Waals surface area contributed by atoms with E-state index in [1.54, 1.807) is 4.90 Å². The number of hydrogen-bond donors (Lipinski definition) is 0. The number of nitrogens with zero attached hydrogens (tertiary/aromatic N) is 5. The van der Waals surface area contributed by atoms with Gasteiger partial charge < -0.3 is 14.4 Å². The number of pyridine rings is 1. The number of ether oxygens (including phenoxy) is 2. The van der Waals surface area contributed by atoms with Crippen molar-refractivity contribution in [1.29, 1.82) is 0 Å². The maximum absolute atomic E-state index is 16.1. The second-order valence-corrected chi connectivity index (χ2v) is 13.3. The summed E-state index contributed by atoms with van der Waals surface area (Å²) in [5.41, 5.74) is 6.66. The molecule has 0 bridgehead atoms. The molecule has 0 saturated heterocycles. The van der Waals surface area contributed by atoms with Crippen LogP contribution in [-0.4, -0.2) is 70.9 Å². The third-order valence-corrected chi connectivity index (χ3v) is 10.6. The zero-order chi connectivity index (χ0) is 33.7. The molecule has 0 fully saturated rings. The van der Waals surface area contributed by atoms with E-state index in [0.717, 1.165) is 46.1 Å². The Morgan fingerprint density at radius 3 is 2.67 bits per heavy atom.